The Morgan fingerprint density at radius 2 is 1.86 bits per heavy atom. The summed E-state index contributed by atoms with van der Waals surface area (Å²) in [6, 6.07) is 15.8. The van der Waals surface area contributed by atoms with Gasteiger partial charge in [0.2, 0.25) is 0 Å². The average molecular weight is 377 g/mol. The minimum atomic E-state index is -0.583. The molecule has 1 heterocycles. The van der Waals surface area contributed by atoms with Gasteiger partial charge in [-0.2, -0.15) is 0 Å². The van der Waals surface area contributed by atoms with E-state index in [2.05, 4.69) is 31.1 Å². The highest BCUT2D eigenvalue weighted by atomic mass is 16.5. The predicted molar refractivity (Wildman–Crippen MR) is 111 cm³/mol. The number of hydrogen-bond acceptors (Lipinski definition) is 3. The quantitative estimate of drug-likeness (QED) is 0.698. The number of benzene rings is 2. The molecule has 0 saturated carbocycles. The fourth-order valence-electron chi connectivity index (χ4n) is 2.93. The lowest BCUT2D eigenvalue weighted by Gasteiger charge is -2.20. The van der Waals surface area contributed by atoms with Crippen LogP contribution in [0.25, 0.3) is 5.69 Å². The first-order chi connectivity index (χ1) is 13.3. The summed E-state index contributed by atoms with van der Waals surface area (Å²) in [4.78, 5) is 16.6. The lowest BCUT2D eigenvalue weighted by atomic mass is 9.87. The molecule has 0 aliphatic carbocycles. The summed E-state index contributed by atoms with van der Waals surface area (Å²) in [5, 5.41) is 2.96. The van der Waals surface area contributed by atoms with Gasteiger partial charge in [-0.3, -0.25) is 4.79 Å². The van der Waals surface area contributed by atoms with Crippen LogP contribution in [0.3, 0.4) is 0 Å². The van der Waals surface area contributed by atoms with E-state index in [0.29, 0.717) is 12.3 Å². The van der Waals surface area contributed by atoms with Crippen LogP contribution < -0.4 is 10.1 Å². The normalized spacial score (nSPS) is 12.4. The average Bonchev–Trinajstić information content (AvgIpc) is 3.20. The number of ether oxygens (including phenoxy) is 1. The molecule has 1 aromatic heterocycles. The van der Waals surface area contributed by atoms with Gasteiger partial charge in [0, 0.05) is 18.9 Å². The Bertz CT molecular complexity index is 910. The third-order valence-corrected chi connectivity index (χ3v) is 4.63. The molecule has 5 nitrogen and oxygen atoms in total. The molecule has 0 saturated heterocycles. The minimum absolute atomic E-state index is 0.0875. The number of rotatable bonds is 6. The molecular weight excluding hydrogens is 350 g/mol. The Labute approximate surface area is 166 Å². The van der Waals surface area contributed by atoms with Crippen molar-refractivity contribution >= 4 is 5.91 Å². The fourth-order valence-corrected chi connectivity index (χ4v) is 2.93. The molecule has 0 aliphatic heterocycles. The van der Waals surface area contributed by atoms with Gasteiger partial charge < -0.3 is 14.6 Å². The van der Waals surface area contributed by atoms with Gasteiger partial charge in [0.15, 0.2) is 6.10 Å². The number of carbonyl (C=O) groups is 1. The third-order valence-electron chi connectivity index (χ3n) is 4.63. The van der Waals surface area contributed by atoms with Crippen molar-refractivity contribution in [1.29, 1.82) is 0 Å². The Kier molecular flexibility index (Phi) is 5.83. The number of amides is 1. The van der Waals surface area contributed by atoms with E-state index in [1.165, 1.54) is 5.56 Å². The second-order valence-electron chi connectivity index (χ2n) is 7.85. The van der Waals surface area contributed by atoms with E-state index in [0.717, 1.165) is 11.3 Å². The first kappa shape index (κ1) is 19.7. The minimum Gasteiger partial charge on any atom is -0.481 e. The summed E-state index contributed by atoms with van der Waals surface area (Å²) in [7, 11) is 0. The van der Waals surface area contributed by atoms with Gasteiger partial charge in [0.05, 0.1) is 12.0 Å². The largest absolute Gasteiger partial charge is 0.481 e. The number of nitrogens with zero attached hydrogens (tertiary/aromatic N) is 2. The van der Waals surface area contributed by atoms with E-state index in [4.69, 9.17) is 4.74 Å². The maximum Gasteiger partial charge on any atom is 0.261 e. The molecule has 1 N–H and O–H groups in total. The second-order valence-corrected chi connectivity index (χ2v) is 7.85. The number of carbonyl (C=O) groups excluding carboxylic acids is 1. The van der Waals surface area contributed by atoms with Gasteiger partial charge in [0.25, 0.3) is 5.91 Å². The molecular formula is C23H27N3O2. The molecule has 0 fully saturated rings. The number of aromatic nitrogens is 2. The van der Waals surface area contributed by atoms with Crippen molar-refractivity contribution in [2.75, 3.05) is 0 Å². The Hall–Kier alpha value is -3.08. The van der Waals surface area contributed by atoms with Crippen LogP contribution in [0, 0.1) is 0 Å². The Balaban J connectivity index is 1.60. The highest BCUT2D eigenvalue weighted by Crippen LogP contribution is 2.24. The summed E-state index contributed by atoms with van der Waals surface area (Å²) < 4.78 is 7.74. The van der Waals surface area contributed by atoms with Gasteiger partial charge in [-0.15, -0.1) is 0 Å². The highest BCUT2D eigenvalue weighted by Gasteiger charge is 2.17. The fraction of sp³-hybridized carbons (Fsp3) is 0.304. The van der Waals surface area contributed by atoms with E-state index in [-0.39, 0.29) is 11.3 Å². The molecule has 0 radical (unpaired) electrons. The lowest BCUT2D eigenvalue weighted by molar-refractivity contribution is -0.127. The highest BCUT2D eigenvalue weighted by molar-refractivity contribution is 5.80. The van der Waals surface area contributed by atoms with Crippen LogP contribution in [-0.2, 0) is 16.8 Å². The predicted octanol–water partition coefficient (Wildman–Crippen LogP) is 4.25. The lowest BCUT2D eigenvalue weighted by Crippen LogP contribution is -2.36. The first-order valence-electron chi connectivity index (χ1n) is 9.46. The van der Waals surface area contributed by atoms with Crippen molar-refractivity contribution < 1.29 is 9.53 Å². The Morgan fingerprint density at radius 1 is 1.14 bits per heavy atom. The van der Waals surface area contributed by atoms with Gasteiger partial charge in [-0.05, 0) is 41.7 Å². The summed E-state index contributed by atoms with van der Waals surface area (Å²) >= 11 is 0. The van der Waals surface area contributed by atoms with Crippen LogP contribution in [0.15, 0.2) is 67.3 Å². The third kappa shape index (κ3) is 4.80. The second kappa shape index (κ2) is 8.30. The topological polar surface area (TPSA) is 56.1 Å². The van der Waals surface area contributed by atoms with Gasteiger partial charge in [0.1, 0.15) is 5.75 Å². The summed E-state index contributed by atoms with van der Waals surface area (Å²) in [5.41, 5.74) is 3.32. The number of para-hydroxylation sites is 1. The Morgan fingerprint density at radius 3 is 2.50 bits per heavy atom. The monoisotopic (exact) mass is 377 g/mol. The molecule has 0 spiro atoms. The van der Waals surface area contributed by atoms with Crippen molar-refractivity contribution in [3.05, 3.63) is 78.4 Å². The molecule has 28 heavy (non-hydrogen) atoms. The molecule has 146 valence electrons. The molecule has 1 unspecified atom stereocenters. The van der Waals surface area contributed by atoms with E-state index in [9.17, 15) is 4.79 Å². The maximum absolute atomic E-state index is 12.5. The number of imidazole rings is 1. The molecule has 3 rings (SSSR count). The van der Waals surface area contributed by atoms with E-state index >= 15 is 0 Å². The van der Waals surface area contributed by atoms with Crippen molar-refractivity contribution in [3.63, 3.8) is 0 Å². The van der Waals surface area contributed by atoms with Crippen LogP contribution in [0.4, 0.5) is 0 Å². The van der Waals surface area contributed by atoms with E-state index in [1.54, 1.807) is 19.4 Å². The number of nitrogens with one attached hydrogen (secondary N) is 1. The van der Waals surface area contributed by atoms with Crippen molar-refractivity contribution in [2.24, 2.45) is 0 Å². The summed E-state index contributed by atoms with van der Waals surface area (Å²) in [5.74, 6) is 0.537. The summed E-state index contributed by atoms with van der Waals surface area (Å²) in [6.07, 6.45) is 4.78. The van der Waals surface area contributed by atoms with Crippen molar-refractivity contribution in [2.45, 2.75) is 45.8 Å². The molecule has 1 amide bonds. The number of hydrogen-bond donors (Lipinski definition) is 1. The van der Waals surface area contributed by atoms with Crippen LogP contribution in [0.5, 0.6) is 5.75 Å². The van der Waals surface area contributed by atoms with E-state index < -0.39 is 6.10 Å². The first-order valence-corrected chi connectivity index (χ1v) is 9.46. The zero-order valence-corrected chi connectivity index (χ0v) is 16.8. The van der Waals surface area contributed by atoms with Gasteiger partial charge in [-0.1, -0.05) is 51.1 Å². The van der Waals surface area contributed by atoms with Crippen LogP contribution in [0.1, 0.15) is 38.8 Å². The molecule has 5 heteroatoms. The van der Waals surface area contributed by atoms with Crippen LogP contribution in [-0.4, -0.2) is 21.6 Å². The molecule has 1 atom stereocenters. The SMILES string of the molecule is CC(Oc1ccc(C(C)(C)C)cc1)C(=O)NCc1ccccc1-n1ccnc1. The molecule has 3 aromatic rings. The maximum atomic E-state index is 12.5. The molecule has 2 aromatic carbocycles. The zero-order valence-electron chi connectivity index (χ0n) is 16.8. The molecule has 0 bridgehead atoms. The van der Waals surface area contributed by atoms with Crippen molar-refractivity contribution in [1.82, 2.24) is 14.9 Å². The van der Waals surface area contributed by atoms with E-state index in [1.807, 2.05) is 59.3 Å². The van der Waals surface area contributed by atoms with Crippen LogP contribution in [0.2, 0.25) is 0 Å². The standard InChI is InChI=1S/C23H27N3O2/c1-17(28-20-11-9-19(10-12-20)23(2,3)4)22(27)25-15-18-7-5-6-8-21(18)26-14-13-24-16-26/h5-14,16-17H,15H2,1-4H3,(H,25,27). The smallest absolute Gasteiger partial charge is 0.261 e. The van der Waals surface area contributed by atoms with Gasteiger partial charge in [-0.25, -0.2) is 4.98 Å². The summed E-state index contributed by atoms with van der Waals surface area (Å²) in [6.45, 7) is 8.68. The van der Waals surface area contributed by atoms with Gasteiger partial charge >= 0.3 is 0 Å². The van der Waals surface area contributed by atoms with Crippen LogP contribution >= 0.6 is 0 Å². The molecule has 0 aliphatic rings. The zero-order chi connectivity index (χ0) is 20.1. The van der Waals surface area contributed by atoms with Crippen molar-refractivity contribution in [3.8, 4) is 11.4 Å².